The van der Waals surface area contributed by atoms with Gasteiger partial charge in [0, 0.05) is 24.7 Å². The van der Waals surface area contributed by atoms with E-state index in [1.54, 1.807) is 0 Å². The Morgan fingerprint density at radius 3 is 2.69 bits per heavy atom. The van der Waals surface area contributed by atoms with E-state index in [0.29, 0.717) is 18.9 Å². The Morgan fingerprint density at radius 1 is 1.21 bits per heavy atom. The van der Waals surface area contributed by atoms with Crippen LogP contribution in [0.2, 0.25) is 0 Å². The van der Waals surface area contributed by atoms with Gasteiger partial charge in [0.2, 0.25) is 0 Å². The summed E-state index contributed by atoms with van der Waals surface area (Å²) < 4.78 is 30.3. The fourth-order valence-corrected chi connectivity index (χ4v) is 7.98. The van der Waals surface area contributed by atoms with Gasteiger partial charge in [-0.25, -0.2) is 0 Å². The Hall–Kier alpha value is -0.730. The molecule has 162 valence electrons. The molecule has 7 fully saturated rings. The minimum absolute atomic E-state index is 0.0286. The molecular weight excluding hydrogens is 376 g/mol. The lowest BCUT2D eigenvalue weighted by Crippen LogP contribution is -2.76. The van der Waals surface area contributed by atoms with Crippen LogP contribution in [-0.4, -0.2) is 60.8 Å². The van der Waals surface area contributed by atoms with Crippen LogP contribution in [0.5, 0.6) is 0 Å². The third-order valence-corrected chi connectivity index (χ3v) is 9.53. The van der Waals surface area contributed by atoms with Crippen molar-refractivity contribution in [3.63, 3.8) is 0 Å². The highest BCUT2D eigenvalue weighted by Crippen LogP contribution is 2.73. The van der Waals surface area contributed by atoms with Crippen molar-refractivity contribution in [2.75, 3.05) is 13.2 Å². The molecule has 2 saturated carbocycles. The van der Waals surface area contributed by atoms with Crippen molar-refractivity contribution in [1.29, 1.82) is 0 Å². The van der Waals surface area contributed by atoms with Gasteiger partial charge in [-0.05, 0) is 37.5 Å². The van der Waals surface area contributed by atoms with Crippen molar-refractivity contribution in [3.8, 4) is 0 Å². The van der Waals surface area contributed by atoms with Gasteiger partial charge < -0.3 is 28.8 Å². The van der Waals surface area contributed by atoms with E-state index in [4.69, 9.17) is 23.7 Å². The molecule has 2 aliphatic carbocycles. The first-order valence-corrected chi connectivity index (χ1v) is 11.2. The number of rotatable bonds is 2. The van der Waals surface area contributed by atoms with Crippen molar-refractivity contribution in [2.24, 2.45) is 28.6 Å². The van der Waals surface area contributed by atoms with Crippen LogP contribution in [-0.2, 0) is 28.5 Å². The topological polar surface area (TPSA) is 86.8 Å². The van der Waals surface area contributed by atoms with Crippen molar-refractivity contribution >= 4 is 5.97 Å². The zero-order valence-electron chi connectivity index (χ0n) is 17.5. The predicted molar refractivity (Wildman–Crippen MR) is 99.5 cm³/mol. The molecule has 0 aromatic rings. The number of esters is 1. The molecule has 29 heavy (non-hydrogen) atoms. The third kappa shape index (κ3) is 2.23. The zero-order chi connectivity index (χ0) is 20.2. The quantitative estimate of drug-likeness (QED) is 0.552. The molecular formula is C22H32O7. The highest BCUT2D eigenvalue weighted by atomic mass is 16.7. The Kier molecular flexibility index (Phi) is 3.89. The van der Waals surface area contributed by atoms with Crippen LogP contribution < -0.4 is 0 Å². The number of carbonyl (C=O) groups is 1. The van der Waals surface area contributed by atoms with Gasteiger partial charge in [0.15, 0.2) is 12.6 Å². The maximum absolute atomic E-state index is 12.0. The number of ether oxygens (including phenoxy) is 5. The van der Waals surface area contributed by atoms with E-state index in [1.165, 1.54) is 6.92 Å². The van der Waals surface area contributed by atoms with E-state index < -0.39 is 23.4 Å². The number of epoxide rings is 1. The third-order valence-electron chi connectivity index (χ3n) is 9.53. The van der Waals surface area contributed by atoms with Crippen LogP contribution in [0.3, 0.4) is 0 Å². The fourth-order valence-electron chi connectivity index (χ4n) is 7.98. The summed E-state index contributed by atoms with van der Waals surface area (Å²) in [6.07, 6.45) is 2.87. The molecule has 5 heterocycles. The number of aliphatic hydroxyl groups excluding tert-OH is 1. The number of carbonyl (C=O) groups excluding carboxylic acids is 1. The summed E-state index contributed by atoms with van der Waals surface area (Å²) in [5.74, 6) is 0.513. The van der Waals surface area contributed by atoms with Crippen molar-refractivity contribution < 1.29 is 33.6 Å². The average molecular weight is 408 g/mol. The fraction of sp³-hybridized carbons (Fsp3) is 0.955. The highest BCUT2D eigenvalue weighted by molar-refractivity contribution is 5.66. The molecule has 0 amide bonds. The molecule has 7 heteroatoms. The largest absolute Gasteiger partial charge is 0.462 e. The first-order chi connectivity index (χ1) is 13.8. The van der Waals surface area contributed by atoms with E-state index in [0.717, 1.165) is 32.3 Å². The van der Waals surface area contributed by atoms with Gasteiger partial charge in [0.25, 0.3) is 0 Å². The van der Waals surface area contributed by atoms with E-state index in [2.05, 4.69) is 13.8 Å². The van der Waals surface area contributed by atoms with Gasteiger partial charge >= 0.3 is 5.97 Å². The highest BCUT2D eigenvalue weighted by Gasteiger charge is 2.82. The zero-order valence-corrected chi connectivity index (χ0v) is 17.5. The SMILES string of the molecule is CC(=O)OC1CC(C)C(C)(C2CC3CCOC3O2)C2CC3CC4(CO4)C12C(O)O3. The molecule has 0 radical (unpaired) electrons. The number of hydrogen-bond donors (Lipinski definition) is 1. The molecule has 11 unspecified atom stereocenters. The van der Waals surface area contributed by atoms with Crippen LogP contribution in [0.4, 0.5) is 0 Å². The van der Waals surface area contributed by atoms with E-state index in [-0.39, 0.29) is 41.7 Å². The number of fused-ring (bicyclic) bond motifs is 2. The van der Waals surface area contributed by atoms with E-state index in [1.807, 2.05) is 0 Å². The number of hydrogen-bond acceptors (Lipinski definition) is 7. The lowest BCUT2D eigenvalue weighted by Gasteiger charge is -2.68. The lowest BCUT2D eigenvalue weighted by molar-refractivity contribution is -0.375. The summed E-state index contributed by atoms with van der Waals surface area (Å²) in [4.78, 5) is 12.0. The molecule has 7 nitrogen and oxygen atoms in total. The molecule has 2 bridgehead atoms. The van der Waals surface area contributed by atoms with Gasteiger partial charge in [-0.3, -0.25) is 4.79 Å². The Labute approximate surface area is 171 Å². The van der Waals surface area contributed by atoms with Gasteiger partial charge in [0.1, 0.15) is 11.7 Å². The Bertz CT molecular complexity index is 710. The van der Waals surface area contributed by atoms with Gasteiger partial charge in [0.05, 0.1) is 30.8 Å². The minimum Gasteiger partial charge on any atom is -0.462 e. The number of aliphatic hydroxyl groups is 1. The molecule has 5 aliphatic heterocycles. The average Bonchev–Trinajstić information content (AvgIpc) is 3.09. The minimum atomic E-state index is -0.990. The maximum Gasteiger partial charge on any atom is 0.302 e. The van der Waals surface area contributed by atoms with Crippen molar-refractivity contribution in [2.45, 2.75) is 89.4 Å². The Morgan fingerprint density at radius 2 is 2.00 bits per heavy atom. The van der Waals surface area contributed by atoms with Gasteiger partial charge in [-0.2, -0.15) is 0 Å². The van der Waals surface area contributed by atoms with Crippen LogP contribution in [0.1, 0.15) is 52.9 Å². The summed E-state index contributed by atoms with van der Waals surface area (Å²) in [6.45, 7) is 7.40. The second kappa shape index (κ2) is 5.94. The summed E-state index contributed by atoms with van der Waals surface area (Å²) in [7, 11) is 0. The summed E-state index contributed by atoms with van der Waals surface area (Å²) in [5, 5.41) is 11.3. The van der Waals surface area contributed by atoms with Crippen molar-refractivity contribution in [1.82, 2.24) is 0 Å². The maximum atomic E-state index is 12.0. The van der Waals surface area contributed by atoms with Crippen LogP contribution in [0.25, 0.3) is 0 Å². The Balaban J connectivity index is 1.45. The van der Waals surface area contributed by atoms with E-state index >= 15 is 0 Å². The molecule has 0 aromatic carbocycles. The predicted octanol–water partition coefficient (Wildman–Crippen LogP) is 2.00. The van der Waals surface area contributed by atoms with Crippen LogP contribution >= 0.6 is 0 Å². The molecule has 1 N–H and O–H groups in total. The molecule has 5 saturated heterocycles. The normalized spacial score (nSPS) is 60.1. The first kappa shape index (κ1) is 19.0. The summed E-state index contributed by atoms with van der Waals surface area (Å²) in [5.41, 5.74) is -1.37. The van der Waals surface area contributed by atoms with Crippen LogP contribution in [0.15, 0.2) is 0 Å². The standard InChI is InChI=1S/C22H32O7/c1-11-6-17(27-12(2)23)22-15(8-14(28-19(22)24)9-21(22)10-26-21)20(11,3)16-7-13-4-5-25-18(13)29-16/h11,13-19,24H,4-10H2,1-3H3. The molecule has 2 spiro atoms. The van der Waals surface area contributed by atoms with Gasteiger partial charge in [-0.15, -0.1) is 0 Å². The molecule has 11 atom stereocenters. The van der Waals surface area contributed by atoms with Crippen molar-refractivity contribution in [3.05, 3.63) is 0 Å². The lowest BCUT2D eigenvalue weighted by atomic mass is 9.40. The monoisotopic (exact) mass is 408 g/mol. The molecule has 0 aromatic heterocycles. The van der Waals surface area contributed by atoms with Crippen LogP contribution in [0, 0.1) is 28.6 Å². The van der Waals surface area contributed by atoms with E-state index in [9.17, 15) is 9.90 Å². The second-order valence-corrected chi connectivity index (χ2v) is 10.6. The van der Waals surface area contributed by atoms with Gasteiger partial charge in [-0.1, -0.05) is 13.8 Å². The smallest absolute Gasteiger partial charge is 0.302 e. The molecule has 7 rings (SSSR count). The summed E-state index contributed by atoms with van der Waals surface area (Å²) >= 11 is 0. The summed E-state index contributed by atoms with van der Waals surface area (Å²) in [6, 6.07) is 0. The first-order valence-electron chi connectivity index (χ1n) is 11.2. The molecule has 7 aliphatic rings. The second-order valence-electron chi connectivity index (χ2n) is 10.6.